The molecule has 0 radical (unpaired) electrons. The zero-order chi connectivity index (χ0) is 8.27. The van der Waals surface area contributed by atoms with Gasteiger partial charge in [0.25, 0.3) is 0 Å². The monoisotopic (exact) mass is 158 g/mol. The molecule has 0 aromatic carbocycles. The lowest BCUT2D eigenvalue weighted by atomic mass is 10.0. The second-order valence-electron chi connectivity index (χ2n) is 2.27. The summed E-state index contributed by atoms with van der Waals surface area (Å²) in [6, 6.07) is 0. The van der Waals surface area contributed by atoms with Crippen molar-refractivity contribution >= 4 is 11.8 Å². The second kappa shape index (κ2) is 3.31. The molecule has 1 atom stereocenters. The van der Waals surface area contributed by atoms with Gasteiger partial charge in [0.15, 0.2) is 0 Å². The number of amides is 2. The highest BCUT2D eigenvalue weighted by Crippen LogP contribution is 2.04. The molecule has 1 aliphatic rings. The molecule has 5 N–H and O–H groups in total. The van der Waals surface area contributed by atoms with E-state index >= 15 is 0 Å². The lowest BCUT2D eigenvalue weighted by Gasteiger charge is -2.20. The van der Waals surface area contributed by atoms with Crippen LogP contribution >= 0.6 is 0 Å². The number of hydrogen-bond donors (Lipinski definition) is 4. The van der Waals surface area contributed by atoms with Gasteiger partial charge in [0.05, 0.1) is 0 Å². The molecule has 6 heteroatoms. The third-order valence-corrected chi connectivity index (χ3v) is 1.54. The SMILES string of the molecule is NNC(=O)C1CCNNC1=O. The van der Waals surface area contributed by atoms with Crippen LogP contribution in [0.5, 0.6) is 0 Å². The lowest BCUT2D eigenvalue weighted by molar-refractivity contribution is -0.137. The Labute approximate surface area is 63.4 Å². The first-order chi connectivity index (χ1) is 5.25. The topological polar surface area (TPSA) is 96.2 Å². The van der Waals surface area contributed by atoms with Gasteiger partial charge >= 0.3 is 0 Å². The predicted molar refractivity (Wildman–Crippen MR) is 36.6 cm³/mol. The molecule has 0 saturated carbocycles. The van der Waals surface area contributed by atoms with Gasteiger partial charge in [-0.2, -0.15) is 0 Å². The van der Waals surface area contributed by atoms with Crippen LogP contribution in [0.25, 0.3) is 0 Å². The molecular formula is C5H10N4O2. The van der Waals surface area contributed by atoms with Crippen molar-refractivity contribution in [3.8, 4) is 0 Å². The van der Waals surface area contributed by atoms with Gasteiger partial charge in [-0.05, 0) is 6.42 Å². The van der Waals surface area contributed by atoms with Crippen LogP contribution in [-0.2, 0) is 9.59 Å². The quantitative estimate of drug-likeness (QED) is 0.148. The van der Waals surface area contributed by atoms with Crippen molar-refractivity contribution in [1.29, 1.82) is 0 Å². The molecule has 1 saturated heterocycles. The number of nitrogens with two attached hydrogens (primary N) is 1. The Morgan fingerprint density at radius 1 is 1.73 bits per heavy atom. The van der Waals surface area contributed by atoms with Crippen molar-refractivity contribution < 1.29 is 9.59 Å². The zero-order valence-corrected chi connectivity index (χ0v) is 5.89. The van der Waals surface area contributed by atoms with Gasteiger partial charge in [-0.15, -0.1) is 0 Å². The summed E-state index contributed by atoms with van der Waals surface area (Å²) in [6.07, 6.45) is 0.481. The highest BCUT2D eigenvalue weighted by atomic mass is 16.2. The minimum absolute atomic E-state index is 0.334. The van der Waals surface area contributed by atoms with Crippen LogP contribution in [0.4, 0.5) is 0 Å². The Morgan fingerprint density at radius 2 is 2.45 bits per heavy atom. The summed E-state index contributed by atoms with van der Waals surface area (Å²) in [5.74, 6) is 3.44. The Kier molecular flexibility index (Phi) is 2.40. The molecule has 0 spiro atoms. The average molecular weight is 158 g/mol. The average Bonchev–Trinajstić information content (AvgIpc) is 2.04. The van der Waals surface area contributed by atoms with E-state index in [1.54, 1.807) is 0 Å². The van der Waals surface area contributed by atoms with E-state index in [9.17, 15) is 9.59 Å². The number of carbonyl (C=O) groups is 2. The van der Waals surface area contributed by atoms with Crippen LogP contribution in [0, 0.1) is 5.92 Å². The normalized spacial score (nSPS) is 24.1. The van der Waals surface area contributed by atoms with E-state index in [0.717, 1.165) is 0 Å². The van der Waals surface area contributed by atoms with Crippen molar-refractivity contribution in [3.63, 3.8) is 0 Å². The molecule has 1 unspecified atom stereocenters. The van der Waals surface area contributed by atoms with E-state index in [1.165, 1.54) is 0 Å². The molecular weight excluding hydrogens is 148 g/mol. The zero-order valence-electron chi connectivity index (χ0n) is 5.89. The number of carbonyl (C=O) groups excluding carboxylic acids is 2. The molecule has 0 aromatic rings. The summed E-state index contributed by atoms with van der Waals surface area (Å²) in [5, 5.41) is 0. The van der Waals surface area contributed by atoms with Gasteiger partial charge in [-0.1, -0.05) is 0 Å². The first kappa shape index (κ1) is 7.96. The van der Waals surface area contributed by atoms with Gasteiger partial charge in [-0.3, -0.25) is 20.4 Å². The third-order valence-electron chi connectivity index (χ3n) is 1.54. The van der Waals surface area contributed by atoms with Crippen molar-refractivity contribution in [2.24, 2.45) is 11.8 Å². The molecule has 2 amide bonds. The molecule has 6 nitrogen and oxygen atoms in total. The molecule has 0 bridgehead atoms. The van der Waals surface area contributed by atoms with E-state index < -0.39 is 11.8 Å². The van der Waals surface area contributed by atoms with Crippen LogP contribution in [0.2, 0.25) is 0 Å². The largest absolute Gasteiger partial charge is 0.294 e. The molecule has 0 aromatic heterocycles. The predicted octanol–water partition coefficient (Wildman–Crippen LogP) is -2.38. The molecule has 11 heavy (non-hydrogen) atoms. The van der Waals surface area contributed by atoms with Gasteiger partial charge in [0.1, 0.15) is 5.92 Å². The van der Waals surface area contributed by atoms with Crippen LogP contribution < -0.4 is 22.1 Å². The second-order valence-corrected chi connectivity index (χ2v) is 2.27. The van der Waals surface area contributed by atoms with Crippen molar-refractivity contribution in [1.82, 2.24) is 16.3 Å². The van der Waals surface area contributed by atoms with Gasteiger partial charge in [0.2, 0.25) is 11.8 Å². The highest BCUT2D eigenvalue weighted by molar-refractivity contribution is 6.00. The fraction of sp³-hybridized carbons (Fsp3) is 0.600. The number of nitrogens with one attached hydrogen (secondary N) is 3. The minimum atomic E-state index is -0.652. The fourth-order valence-electron chi connectivity index (χ4n) is 0.935. The van der Waals surface area contributed by atoms with Crippen molar-refractivity contribution in [2.45, 2.75) is 6.42 Å². The van der Waals surface area contributed by atoms with E-state index in [-0.39, 0.29) is 5.91 Å². The molecule has 1 heterocycles. The summed E-state index contributed by atoms with van der Waals surface area (Å²) < 4.78 is 0. The molecule has 0 aliphatic carbocycles. The van der Waals surface area contributed by atoms with Gasteiger partial charge in [0, 0.05) is 6.54 Å². The maximum absolute atomic E-state index is 10.9. The Bertz CT molecular complexity index is 173. The molecule has 1 rings (SSSR count). The maximum atomic E-state index is 10.9. The highest BCUT2D eigenvalue weighted by Gasteiger charge is 2.28. The fourth-order valence-corrected chi connectivity index (χ4v) is 0.935. The van der Waals surface area contributed by atoms with Crippen LogP contribution in [0.1, 0.15) is 6.42 Å². The summed E-state index contributed by atoms with van der Waals surface area (Å²) in [7, 11) is 0. The molecule has 1 aliphatic heterocycles. The molecule has 62 valence electrons. The van der Waals surface area contributed by atoms with E-state index in [1.807, 2.05) is 5.43 Å². The van der Waals surface area contributed by atoms with E-state index in [2.05, 4.69) is 10.9 Å². The third kappa shape index (κ3) is 1.66. The van der Waals surface area contributed by atoms with Crippen LogP contribution in [0.15, 0.2) is 0 Å². The van der Waals surface area contributed by atoms with E-state index in [0.29, 0.717) is 13.0 Å². The van der Waals surface area contributed by atoms with E-state index in [4.69, 9.17) is 5.84 Å². The Balaban J connectivity index is 2.54. The summed E-state index contributed by atoms with van der Waals surface area (Å²) in [6.45, 7) is 0.587. The van der Waals surface area contributed by atoms with Crippen LogP contribution in [0.3, 0.4) is 0 Å². The number of rotatable bonds is 1. The lowest BCUT2D eigenvalue weighted by Crippen LogP contribution is -2.53. The first-order valence-electron chi connectivity index (χ1n) is 3.29. The van der Waals surface area contributed by atoms with Gasteiger partial charge < -0.3 is 0 Å². The van der Waals surface area contributed by atoms with Crippen molar-refractivity contribution in [2.75, 3.05) is 6.54 Å². The first-order valence-corrected chi connectivity index (χ1v) is 3.29. The Hall–Kier alpha value is -1.14. The summed E-state index contributed by atoms with van der Waals surface area (Å²) >= 11 is 0. The Morgan fingerprint density at radius 3 is 3.00 bits per heavy atom. The molecule has 1 fully saturated rings. The van der Waals surface area contributed by atoms with Gasteiger partial charge in [-0.25, -0.2) is 11.3 Å². The summed E-state index contributed by atoms with van der Waals surface area (Å²) in [4.78, 5) is 21.8. The van der Waals surface area contributed by atoms with Crippen molar-refractivity contribution in [3.05, 3.63) is 0 Å². The smallest absolute Gasteiger partial charge is 0.246 e. The number of hydrazine groups is 2. The standard InChI is InChI=1S/C5H10N4O2/c6-8-4(10)3-1-2-7-9-5(3)11/h3,7H,1-2,6H2,(H,8,10)(H,9,11). The number of hydrogen-bond acceptors (Lipinski definition) is 4. The minimum Gasteiger partial charge on any atom is -0.294 e. The van der Waals surface area contributed by atoms with Crippen LogP contribution in [-0.4, -0.2) is 18.4 Å². The summed E-state index contributed by atoms with van der Waals surface area (Å²) in [5.41, 5.74) is 6.90. The maximum Gasteiger partial charge on any atom is 0.246 e.